The number of allylic oxidation sites excluding steroid dienone is 1. The van der Waals surface area contributed by atoms with E-state index in [-0.39, 0.29) is 11.5 Å². The Morgan fingerprint density at radius 1 is 1.22 bits per heavy atom. The van der Waals surface area contributed by atoms with Crippen molar-refractivity contribution in [1.82, 2.24) is 0 Å². The number of carbonyl (C=O) groups is 1. The summed E-state index contributed by atoms with van der Waals surface area (Å²) in [5.41, 5.74) is 10.4. The molecule has 0 spiro atoms. The number of fused-ring (bicyclic) bond motifs is 2. The molecule has 32 heavy (non-hydrogen) atoms. The standard InChI is InChI=1S/C25H28F2N4O/c1-25(2)20-8-7-17(11-22(20)30(4)24(25)32)31-9-5-6-15-10-18(16(13-28)14-29-3)19(23(26)27)12-21(15)31/h7-8,10-14,23H,5-6,9,28H2,1-4H3. The number of carbonyl (C=O) groups excluding carboxylic acids is 1. The monoisotopic (exact) mass is 438 g/mol. The van der Waals surface area contributed by atoms with E-state index < -0.39 is 11.8 Å². The lowest BCUT2D eigenvalue weighted by Gasteiger charge is -2.33. The molecular weight excluding hydrogens is 410 g/mol. The molecule has 0 bridgehead atoms. The van der Waals surface area contributed by atoms with Gasteiger partial charge in [0.15, 0.2) is 0 Å². The zero-order valence-corrected chi connectivity index (χ0v) is 18.8. The second-order valence-electron chi connectivity index (χ2n) is 8.82. The number of amides is 1. The van der Waals surface area contributed by atoms with Gasteiger partial charge in [-0.05, 0) is 67.6 Å². The maximum atomic E-state index is 14.0. The van der Waals surface area contributed by atoms with Gasteiger partial charge in [0.2, 0.25) is 5.91 Å². The summed E-state index contributed by atoms with van der Waals surface area (Å²) in [4.78, 5) is 20.4. The molecule has 0 atom stereocenters. The maximum absolute atomic E-state index is 14.0. The second-order valence-corrected chi connectivity index (χ2v) is 8.82. The summed E-state index contributed by atoms with van der Waals surface area (Å²) >= 11 is 0. The predicted molar refractivity (Wildman–Crippen MR) is 126 cm³/mol. The molecule has 7 heteroatoms. The summed E-state index contributed by atoms with van der Waals surface area (Å²) in [5.74, 6) is 0.0482. The van der Waals surface area contributed by atoms with Crippen LogP contribution >= 0.6 is 0 Å². The van der Waals surface area contributed by atoms with Crippen LogP contribution in [0, 0.1) is 0 Å². The van der Waals surface area contributed by atoms with Gasteiger partial charge in [-0.25, -0.2) is 8.78 Å². The fourth-order valence-corrected chi connectivity index (χ4v) is 4.83. The Labute approximate surface area is 187 Å². The SMILES string of the molecule is CN=CC(=CN)c1cc2c(cc1C(F)F)N(c1ccc3c(c1)N(C)C(=O)C3(C)C)CCC2. The van der Waals surface area contributed by atoms with Crippen molar-refractivity contribution in [3.8, 4) is 0 Å². The van der Waals surface area contributed by atoms with Crippen LogP contribution in [-0.4, -0.2) is 32.8 Å². The first kappa shape index (κ1) is 22.0. The van der Waals surface area contributed by atoms with Crippen LogP contribution < -0.4 is 15.5 Å². The zero-order valence-electron chi connectivity index (χ0n) is 18.8. The van der Waals surface area contributed by atoms with Gasteiger partial charge in [0.05, 0.1) is 5.41 Å². The van der Waals surface area contributed by atoms with E-state index in [1.54, 1.807) is 25.1 Å². The van der Waals surface area contributed by atoms with E-state index in [2.05, 4.69) is 9.89 Å². The largest absolute Gasteiger partial charge is 0.404 e. The fraction of sp³-hybridized carbons (Fsp3) is 0.360. The third-order valence-electron chi connectivity index (χ3n) is 6.53. The van der Waals surface area contributed by atoms with Crippen molar-refractivity contribution < 1.29 is 13.6 Å². The lowest BCUT2D eigenvalue weighted by atomic mass is 9.86. The number of rotatable bonds is 4. The van der Waals surface area contributed by atoms with Crippen molar-refractivity contribution in [3.63, 3.8) is 0 Å². The molecule has 0 saturated carbocycles. The minimum absolute atomic E-state index is 0.0482. The average molecular weight is 439 g/mol. The van der Waals surface area contributed by atoms with Gasteiger partial charge in [0.1, 0.15) is 0 Å². The fourth-order valence-electron chi connectivity index (χ4n) is 4.83. The molecule has 0 unspecified atom stereocenters. The number of halogens is 2. The van der Waals surface area contributed by atoms with Crippen LogP contribution in [0.5, 0.6) is 0 Å². The number of aryl methyl sites for hydroxylation is 1. The minimum Gasteiger partial charge on any atom is -0.404 e. The molecule has 0 fully saturated rings. The number of hydrogen-bond acceptors (Lipinski definition) is 4. The van der Waals surface area contributed by atoms with Crippen molar-refractivity contribution in [2.24, 2.45) is 10.7 Å². The molecular formula is C25H28F2N4O. The lowest BCUT2D eigenvalue weighted by molar-refractivity contribution is -0.121. The topological polar surface area (TPSA) is 61.9 Å². The molecule has 0 radical (unpaired) electrons. The number of aliphatic imine (C=N–C) groups is 1. The van der Waals surface area contributed by atoms with Crippen molar-refractivity contribution in [2.75, 3.05) is 30.4 Å². The van der Waals surface area contributed by atoms with E-state index in [1.807, 2.05) is 38.1 Å². The molecule has 0 aliphatic carbocycles. The predicted octanol–water partition coefficient (Wildman–Crippen LogP) is 4.96. The highest BCUT2D eigenvalue weighted by atomic mass is 19.3. The first-order chi connectivity index (χ1) is 15.2. The highest BCUT2D eigenvalue weighted by Crippen LogP contribution is 2.45. The van der Waals surface area contributed by atoms with E-state index in [9.17, 15) is 13.6 Å². The van der Waals surface area contributed by atoms with Crippen LogP contribution in [0.15, 0.2) is 41.5 Å². The third kappa shape index (κ3) is 3.36. The van der Waals surface area contributed by atoms with Gasteiger partial charge in [-0.15, -0.1) is 0 Å². The summed E-state index contributed by atoms with van der Waals surface area (Å²) in [6.07, 6.45) is 1.85. The number of likely N-dealkylation sites (N-methyl/N-ethyl adjacent to an activating group) is 1. The Bertz CT molecular complexity index is 1140. The Morgan fingerprint density at radius 2 is 1.97 bits per heavy atom. The molecule has 2 heterocycles. The molecule has 2 aromatic rings. The van der Waals surface area contributed by atoms with Gasteiger partial charge in [0.25, 0.3) is 6.43 Å². The number of nitrogens with zero attached hydrogens (tertiary/aromatic N) is 3. The first-order valence-electron chi connectivity index (χ1n) is 10.7. The minimum atomic E-state index is -2.65. The molecule has 0 saturated heterocycles. The summed E-state index contributed by atoms with van der Waals surface area (Å²) in [5, 5.41) is 0. The third-order valence-corrected chi connectivity index (χ3v) is 6.53. The van der Waals surface area contributed by atoms with Crippen LogP contribution in [-0.2, 0) is 16.6 Å². The Kier molecular flexibility index (Phi) is 5.53. The smallest absolute Gasteiger partial charge is 0.264 e. The van der Waals surface area contributed by atoms with Crippen LogP contribution in [0.25, 0.3) is 5.57 Å². The number of alkyl halides is 2. The lowest BCUT2D eigenvalue weighted by Crippen LogP contribution is -2.33. The number of hydrogen-bond donors (Lipinski definition) is 1. The van der Waals surface area contributed by atoms with Gasteiger partial charge in [-0.3, -0.25) is 9.79 Å². The molecule has 2 aromatic carbocycles. The summed E-state index contributed by atoms with van der Waals surface area (Å²) in [6.45, 7) is 4.56. The molecule has 2 N–H and O–H groups in total. The van der Waals surface area contributed by atoms with E-state index in [1.165, 1.54) is 12.4 Å². The van der Waals surface area contributed by atoms with Crippen molar-refractivity contribution in [2.45, 2.75) is 38.5 Å². The van der Waals surface area contributed by atoms with E-state index in [4.69, 9.17) is 5.73 Å². The Balaban J connectivity index is 1.83. The van der Waals surface area contributed by atoms with Crippen molar-refractivity contribution in [3.05, 3.63) is 58.8 Å². The van der Waals surface area contributed by atoms with Crippen molar-refractivity contribution >= 4 is 34.8 Å². The number of anilines is 3. The zero-order chi connectivity index (χ0) is 23.2. The quantitative estimate of drug-likeness (QED) is 0.686. The van der Waals surface area contributed by atoms with Crippen LogP contribution in [0.3, 0.4) is 0 Å². The molecule has 1 amide bonds. The second kappa shape index (κ2) is 8.04. The number of benzene rings is 2. The summed E-state index contributed by atoms with van der Waals surface area (Å²) < 4.78 is 28.1. The van der Waals surface area contributed by atoms with Gasteiger partial charge in [0, 0.05) is 61.3 Å². The summed E-state index contributed by atoms with van der Waals surface area (Å²) in [7, 11) is 3.36. The first-order valence-corrected chi connectivity index (χ1v) is 10.7. The Hall–Kier alpha value is -3.22. The molecule has 168 valence electrons. The van der Waals surface area contributed by atoms with Gasteiger partial charge < -0.3 is 15.5 Å². The number of nitrogens with two attached hydrogens (primary N) is 1. The van der Waals surface area contributed by atoms with Crippen LogP contribution in [0.4, 0.5) is 25.8 Å². The molecule has 5 nitrogen and oxygen atoms in total. The van der Waals surface area contributed by atoms with E-state index in [0.717, 1.165) is 41.0 Å². The van der Waals surface area contributed by atoms with E-state index >= 15 is 0 Å². The molecule has 2 aliphatic heterocycles. The molecule has 0 aromatic heterocycles. The maximum Gasteiger partial charge on any atom is 0.264 e. The average Bonchev–Trinajstić information content (AvgIpc) is 2.95. The van der Waals surface area contributed by atoms with Gasteiger partial charge in [-0.2, -0.15) is 0 Å². The highest BCUT2D eigenvalue weighted by Gasteiger charge is 2.42. The van der Waals surface area contributed by atoms with Crippen LogP contribution in [0.2, 0.25) is 0 Å². The summed E-state index contributed by atoms with van der Waals surface area (Å²) in [6, 6.07) is 9.34. The molecule has 4 rings (SSSR count). The Morgan fingerprint density at radius 3 is 2.62 bits per heavy atom. The normalized spacial score (nSPS) is 18.0. The van der Waals surface area contributed by atoms with Gasteiger partial charge >= 0.3 is 0 Å². The van der Waals surface area contributed by atoms with Crippen LogP contribution in [0.1, 0.15) is 48.9 Å². The van der Waals surface area contributed by atoms with E-state index in [0.29, 0.717) is 17.7 Å². The molecule has 2 aliphatic rings. The highest BCUT2D eigenvalue weighted by molar-refractivity contribution is 6.10. The van der Waals surface area contributed by atoms with Gasteiger partial charge in [-0.1, -0.05) is 6.07 Å². The van der Waals surface area contributed by atoms with Crippen molar-refractivity contribution in [1.29, 1.82) is 0 Å².